The highest BCUT2D eigenvalue weighted by Gasteiger charge is 2.31. The van der Waals surface area contributed by atoms with Crippen LogP contribution in [0.4, 0.5) is 10.1 Å². The first-order chi connectivity index (χ1) is 14.0. The molecule has 12 heteroatoms. The number of carbonyl (C=O) groups excluding carboxylic acids is 1. The number of halogens is 1. The molecule has 1 aliphatic heterocycles. The van der Waals surface area contributed by atoms with E-state index in [1.165, 1.54) is 39.8 Å². The zero-order chi connectivity index (χ0) is 20.4. The Balaban J connectivity index is 1.56. The molecule has 0 atom stereocenters. The third-order valence-corrected chi connectivity index (χ3v) is 8.22. The average molecular weight is 454 g/mol. The first kappa shape index (κ1) is 20.0. The predicted octanol–water partition coefficient (Wildman–Crippen LogP) is 2.46. The van der Waals surface area contributed by atoms with Crippen molar-refractivity contribution in [2.45, 2.75) is 4.90 Å². The van der Waals surface area contributed by atoms with Gasteiger partial charge in [0.05, 0.1) is 0 Å². The lowest BCUT2D eigenvalue weighted by Gasteiger charge is -2.25. The Bertz CT molecular complexity index is 1130. The Morgan fingerprint density at radius 1 is 1.21 bits per heavy atom. The van der Waals surface area contributed by atoms with E-state index < -0.39 is 21.7 Å². The molecule has 1 N–H and O–H groups in total. The van der Waals surface area contributed by atoms with E-state index in [0.717, 1.165) is 28.9 Å². The van der Waals surface area contributed by atoms with Gasteiger partial charge in [-0.1, -0.05) is 0 Å². The van der Waals surface area contributed by atoms with Crippen LogP contribution in [0.25, 0.3) is 5.69 Å². The number of anilines is 1. The molecule has 1 aliphatic rings. The zero-order valence-electron chi connectivity index (χ0n) is 15.0. The highest BCUT2D eigenvalue weighted by molar-refractivity contribution is 7.99. The minimum absolute atomic E-state index is 0.0217. The molecule has 1 aromatic carbocycles. The van der Waals surface area contributed by atoms with Crippen molar-refractivity contribution >= 4 is 44.7 Å². The van der Waals surface area contributed by atoms with Gasteiger partial charge < -0.3 is 5.32 Å². The van der Waals surface area contributed by atoms with Crippen LogP contribution in [0.3, 0.4) is 0 Å². The summed E-state index contributed by atoms with van der Waals surface area (Å²) in [6.45, 7) is 0.831. The third-order valence-electron chi connectivity index (χ3n) is 4.29. The molecule has 1 amide bonds. The third kappa shape index (κ3) is 4.06. The standard InChI is InChI=1S/C17H16FN5O3S3/c18-13-9-12(1-2-14(13)23-11-19-10-20-23)21-17(24)16-15(3-6-28-16)29(25,26)22-4-7-27-8-5-22/h1-3,6,9-11H,4-5,7-8H2,(H,21,24). The van der Waals surface area contributed by atoms with Gasteiger partial charge in [0.25, 0.3) is 5.91 Å². The number of nitrogens with one attached hydrogen (secondary N) is 1. The lowest BCUT2D eigenvalue weighted by Crippen LogP contribution is -2.38. The summed E-state index contributed by atoms with van der Waals surface area (Å²) in [5.41, 5.74) is 0.394. The van der Waals surface area contributed by atoms with Crippen molar-refractivity contribution in [1.29, 1.82) is 0 Å². The minimum atomic E-state index is -3.75. The van der Waals surface area contributed by atoms with Crippen molar-refractivity contribution in [2.24, 2.45) is 0 Å². The topological polar surface area (TPSA) is 97.2 Å². The second kappa shape index (κ2) is 8.22. The quantitative estimate of drug-likeness (QED) is 0.637. The summed E-state index contributed by atoms with van der Waals surface area (Å²) in [7, 11) is -3.75. The predicted molar refractivity (Wildman–Crippen MR) is 110 cm³/mol. The van der Waals surface area contributed by atoms with Gasteiger partial charge in [-0.2, -0.15) is 21.2 Å². The Kier molecular flexibility index (Phi) is 5.67. The summed E-state index contributed by atoms with van der Waals surface area (Å²) in [4.78, 5) is 16.5. The van der Waals surface area contributed by atoms with Gasteiger partial charge in [0.15, 0.2) is 5.82 Å². The number of rotatable bonds is 5. The molecule has 0 unspecified atom stereocenters. The number of nitrogens with zero attached hydrogens (tertiary/aromatic N) is 4. The zero-order valence-corrected chi connectivity index (χ0v) is 17.4. The number of carbonyl (C=O) groups is 1. The maximum atomic E-state index is 14.4. The van der Waals surface area contributed by atoms with E-state index >= 15 is 0 Å². The molecule has 1 saturated heterocycles. The number of sulfonamides is 1. The Labute approximate surface area is 174 Å². The van der Waals surface area contributed by atoms with E-state index in [4.69, 9.17) is 0 Å². The number of hydrogen-bond acceptors (Lipinski definition) is 7. The molecule has 1 fully saturated rings. The van der Waals surface area contributed by atoms with Gasteiger partial charge in [-0.05, 0) is 29.6 Å². The van der Waals surface area contributed by atoms with Gasteiger partial charge in [-0.25, -0.2) is 22.5 Å². The molecule has 0 radical (unpaired) electrons. The number of aromatic nitrogens is 3. The van der Waals surface area contributed by atoms with E-state index in [2.05, 4.69) is 15.4 Å². The molecule has 152 valence electrons. The van der Waals surface area contributed by atoms with E-state index in [9.17, 15) is 17.6 Å². The van der Waals surface area contributed by atoms with E-state index in [1.807, 2.05) is 0 Å². The second-order valence-electron chi connectivity index (χ2n) is 6.09. The Morgan fingerprint density at radius 2 is 2.00 bits per heavy atom. The van der Waals surface area contributed by atoms with E-state index in [0.29, 0.717) is 13.1 Å². The fourth-order valence-electron chi connectivity index (χ4n) is 2.88. The fourth-order valence-corrected chi connectivity index (χ4v) is 6.75. The first-order valence-electron chi connectivity index (χ1n) is 8.58. The summed E-state index contributed by atoms with van der Waals surface area (Å²) in [5.74, 6) is 0.251. The van der Waals surface area contributed by atoms with Crippen molar-refractivity contribution in [3.05, 3.63) is 53.0 Å². The number of thiophene rings is 1. The smallest absolute Gasteiger partial charge is 0.267 e. The molecule has 3 heterocycles. The van der Waals surface area contributed by atoms with Gasteiger partial charge in [0.2, 0.25) is 10.0 Å². The number of amides is 1. The average Bonchev–Trinajstić information content (AvgIpc) is 3.41. The van der Waals surface area contributed by atoms with Crippen LogP contribution in [-0.4, -0.2) is 58.0 Å². The maximum Gasteiger partial charge on any atom is 0.267 e. The fraction of sp³-hybridized carbons (Fsp3) is 0.235. The largest absolute Gasteiger partial charge is 0.321 e. The SMILES string of the molecule is O=C(Nc1ccc(-n2cncn2)c(F)c1)c1sccc1S(=O)(=O)N1CCSCC1. The molecule has 29 heavy (non-hydrogen) atoms. The second-order valence-corrected chi connectivity index (χ2v) is 10.1. The van der Waals surface area contributed by atoms with Crippen molar-refractivity contribution in [1.82, 2.24) is 19.1 Å². The van der Waals surface area contributed by atoms with Crippen molar-refractivity contribution in [2.75, 3.05) is 29.9 Å². The van der Waals surface area contributed by atoms with E-state index in [-0.39, 0.29) is 21.1 Å². The Hall–Kier alpha value is -2.28. The van der Waals surface area contributed by atoms with Crippen LogP contribution >= 0.6 is 23.1 Å². The van der Waals surface area contributed by atoms with Crippen molar-refractivity contribution in [3.63, 3.8) is 0 Å². The summed E-state index contributed by atoms with van der Waals surface area (Å²) < 4.78 is 42.9. The van der Waals surface area contributed by atoms with Gasteiger partial charge in [-0.15, -0.1) is 11.3 Å². The van der Waals surface area contributed by atoms with Crippen LogP contribution in [0.1, 0.15) is 9.67 Å². The van der Waals surface area contributed by atoms with Crippen LogP contribution in [0.5, 0.6) is 0 Å². The molecular formula is C17H16FN5O3S3. The lowest BCUT2D eigenvalue weighted by atomic mass is 10.2. The van der Waals surface area contributed by atoms with Crippen molar-refractivity contribution < 1.29 is 17.6 Å². The van der Waals surface area contributed by atoms with Crippen LogP contribution in [0.15, 0.2) is 47.2 Å². The molecule has 0 aliphatic carbocycles. The molecule has 3 aromatic rings. The highest BCUT2D eigenvalue weighted by Crippen LogP contribution is 2.28. The summed E-state index contributed by atoms with van der Waals surface area (Å²) in [6, 6.07) is 5.56. The van der Waals surface area contributed by atoms with Crippen molar-refractivity contribution in [3.8, 4) is 5.69 Å². The monoisotopic (exact) mass is 453 g/mol. The molecular weight excluding hydrogens is 437 g/mol. The lowest BCUT2D eigenvalue weighted by molar-refractivity contribution is 0.102. The number of thioether (sulfide) groups is 1. The Morgan fingerprint density at radius 3 is 2.69 bits per heavy atom. The summed E-state index contributed by atoms with van der Waals surface area (Å²) in [5, 5.41) is 8.01. The molecule has 0 saturated carbocycles. The van der Waals surface area contributed by atoms with Crippen LogP contribution in [-0.2, 0) is 10.0 Å². The van der Waals surface area contributed by atoms with Gasteiger partial charge in [0, 0.05) is 30.3 Å². The van der Waals surface area contributed by atoms with Crippen LogP contribution in [0.2, 0.25) is 0 Å². The van der Waals surface area contributed by atoms with E-state index in [1.54, 1.807) is 17.1 Å². The van der Waals surface area contributed by atoms with Crippen LogP contribution < -0.4 is 5.32 Å². The number of hydrogen-bond donors (Lipinski definition) is 1. The number of benzene rings is 1. The normalized spacial score (nSPS) is 15.3. The molecule has 2 aromatic heterocycles. The summed E-state index contributed by atoms with van der Waals surface area (Å²) >= 11 is 2.73. The molecule has 0 bridgehead atoms. The highest BCUT2D eigenvalue weighted by atomic mass is 32.2. The van der Waals surface area contributed by atoms with Gasteiger partial charge in [-0.3, -0.25) is 4.79 Å². The van der Waals surface area contributed by atoms with Gasteiger partial charge >= 0.3 is 0 Å². The maximum absolute atomic E-state index is 14.4. The molecule has 8 nitrogen and oxygen atoms in total. The minimum Gasteiger partial charge on any atom is -0.321 e. The summed E-state index contributed by atoms with van der Waals surface area (Å²) in [6.07, 6.45) is 2.65. The first-order valence-corrected chi connectivity index (χ1v) is 12.1. The van der Waals surface area contributed by atoms with Gasteiger partial charge in [0.1, 0.15) is 28.1 Å². The van der Waals surface area contributed by atoms with Crippen LogP contribution in [0, 0.1) is 5.82 Å². The molecule has 4 rings (SSSR count). The molecule has 0 spiro atoms.